The Kier molecular flexibility index (Phi) is 3.50. The van der Waals surface area contributed by atoms with E-state index in [2.05, 4.69) is 10.6 Å². The Morgan fingerprint density at radius 2 is 2.24 bits per heavy atom. The van der Waals surface area contributed by atoms with Gasteiger partial charge in [-0.25, -0.2) is 0 Å². The van der Waals surface area contributed by atoms with Gasteiger partial charge in [-0.2, -0.15) is 0 Å². The summed E-state index contributed by atoms with van der Waals surface area (Å²) in [6.07, 6.45) is 3.16. The number of hydrogen-bond donors (Lipinski definition) is 2. The molecule has 2 saturated heterocycles. The molecule has 2 aliphatic heterocycles. The fourth-order valence-corrected chi connectivity index (χ4v) is 3.18. The van der Waals surface area contributed by atoms with Crippen molar-refractivity contribution in [3.05, 3.63) is 33.9 Å². The number of nitrogens with zero attached hydrogens (tertiary/aromatic N) is 1. The van der Waals surface area contributed by atoms with E-state index in [1.54, 1.807) is 13.1 Å². The van der Waals surface area contributed by atoms with Crippen LogP contribution < -0.4 is 10.6 Å². The number of rotatable bonds is 4. The molecule has 0 aromatic heterocycles. The number of ether oxygens (including phenoxy) is 1. The van der Waals surface area contributed by atoms with E-state index < -0.39 is 4.92 Å². The average molecular weight is 291 g/mol. The molecule has 3 atom stereocenters. The topological polar surface area (TPSA) is 93.5 Å². The van der Waals surface area contributed by atoms with Gasteiger partial charge >= 0.3 is 0 Å². The third kappa shape index (κ3) is 2.44. The van der Waals surface area contributed by atoms with Crippen LogP contribution in [0.3, 0.4) is 0 Å². The molecule has 0 spiro atoms. The zero-order chi connectivity index (χ0) is 15.0. The molecular weight excluding hydrogens is 274 g/mol. The molecule has 0 aliphatic carbocycles. The van der Waals surface area contributed by atoms with Gasteiger partial charge in [0.25, 0.3) is 11.6 Å². The molecule has 7 heteroatoms. The second-order valence-electron chi connectivity index (χ2n) is 5.40. The molecule has 2 bridgehead atoms. The monoisotopic (exact) mass is 291 g/mol. The summed E-state index contributed by atoms with van der Waals surface area (Å²) >= 11 is 0. The maximum atomic E-state index is 12.4. The Hall–Kier alpha value is -2.15. The van der Waals surface area contributed by atoms with E-state index in [1.165, 1.54) is 12.1 Å². The highest BCUT2D eigenvalue weighted by atomic mass is 16.6. The standard InChI is InChI=1S/C14H17N3O4/c1-15-13-9(3-2-4-11(13)17(19)20)14(18)16-10-7-8-5-6-12(10)21-8/h2-4,8,10,12,15H,5-7H2,1H3,(H,16,18). The van der Waals surface area contributed by atoms with Crippen LogP contribution in [0.2, 0.25) is 0 Å². The SMILES string of the molecule is CNc1c(C(=O)NC2CC3CCC2O3)cccc1[N+](=O)[O-]. The predicted molar refractivity (Wildman–Crippen MR) is 76.4 cm³/mol. The first-order valence-corrected chi connectivity index (χ1v) is 7.01. The van der Waals surface area contributed by atoms with Crippen LogP contribution in [0.1, 0.15) is 29.6 Å². The normalized spacial score (nSPS) is 26.6. The molecule has 3 unspecified atom stereocenters. The lowest BCUT2D eigenvalue weighted by Crippen LogP contribution is -2.41. The summed E-state index contributed by atoms with van der Waals surface area (Å²) in [5.74, 6) is -0.302. The van der Waals surface area contributed by atoms with Crippen molar-refractivity contribution in [1.29, 1.82) is 0 Å². The molecule has 21 heavy (non-hydrogen) atoms. The van der Waals surface area contributed by atoms with Crippen molar-refractivity contribution < 1.29 is 14.5 Å². The van der Waals surface area contributed by atoms with Crippen LogP contribution in [0.25, 0.3) is 0 Å². The third-order valence-corrected chi connectivity index (χ3v) is 4.16. The number of nitrogens with one attached hydrogen (secondary N) is 2. The van der Waals surface area contributed by atoms with E-state index in [0.717, 1.165) is 19.3 Å². The highest BCUT2D eigenvalue weighted by Crippen LogP contribution is 2.35. The van der Waals surface area contributed by atoms with Gasteiger partial charge < -0.3 is 15.4 Å². The zero-order valence-electron chi connectivity index (χ0n) is 11.7. The first-order chi connectivity index (χ1) is 10.1. The van der Waals surface area contributed by atoms with Gasteiger partial charge in [-0.05, 0) is 25.3 Å². The molecule has 1 aromatic rings. The molecule has 0 saturated carbocycles. The van der Waals surface area contributed by atoms with E-state index in [1.807, 2.05) is 0 Å². The van der Waals surface area contributed by atoms with Crippen molar-refractivity contribution in [1.82, 2.24) is 5.32 Å². The summed E-state index contributed by atoms with van der Waals surface area (Å²) in [4.78, 5) is 22.9. The fourth-order valence-electron chi connectivity index (χ4n) is 3.18. The maximum absolute atomic E-state index is 12.4. The highest BCUT2D eigenvalue weighted by molar-refractivity contribution is 6.01. The quantitative estimate of drug-likeness (QED) is 0.650. The molecule has 0 radical (unpaired) electrons. The number of carbonyl (C=O) groups excluding carboxylic acids is 1. The van der Waals surface area contributed by atoms with Crippen LogP contribution in [-0.2, 0) is 4.74 Å². The largest absolute Gasteiger partial charge is 0.382 e. The predicted octanol–water partition coefficient (Wildman–Crippen LogP) is 1.69. The first-order valence-electron chi connectivity index (χ1n) is 7.01. The summed E-state index contributed by atoms with van der Waals surface area (Å²) in [5, 5.41) is 16.7. The lowest BCUT2D eigenvalue weighted by atomic mass is 9.95. The van der Waals surface area contributed by atoms with E-state index in [9.17, 15) is 14.9 Å². The Morgan fingerprint density at radius 3 is 2.81 bits per heavy atom. The molecule has 2 fully saturated rings. The fraction of sp³-hybridized carbons (Fsp3) is 0.500. The lowest BCUT2D eigenvalue weighted by Gasteiger charge is -2.20. The van der Waals surface area contributed by atoms with Crippen LogP contribution in [0.4, 0.5) is 11.4 Å². The number of nitro groups is 1. The van der Waals surface area contributed by atoms with Gasteiger partial charge in [0.2, 0.25) is 0 Å². The summed E-state index contributed by atoms with van der Waals surface area (Å²) in [7, 11) is 1.57. The minimum absolute atomic E-state index is 0.000202. The molecule has 2 N–H and O–H groups in total. The van der Waals surface area contributed by atoms with Crippen molar-refractivity contribution in [2.45, 2.75) is 37.5 Å². The number of carbonyl (C=O) groups is 1. The number of para-hydroxylation sites is 1. The number of fused-ring (bicyclic) bond motifs is 2. The van der Waals surface area contributed by atoms with Gasteiger partial charge in [0.05, 0.1) is 28.7 Å². The summed E-state index contributed by atoms with van der Waals surface area (Å²) in [6, 6.07) is 4.48. The summed E-state index contributed by atoms with van der Waals surface area (Å²) in [5.41, 5.74) is 0.424. The lowest BCUT2D eigenvalue weighted by molar-refractivity contribution is -0.384. The van der Waals surface area contributed by atoms with E-state index in [-0.39, 0.29) is 41.1 Å². The van der Waals surface area contributed by atoms with Gasteiger partial charge in [-0.15, -0.1) is 0 Å². The van der Waals surface area contributed by atoms with Crippen LogP contribution in [-0.4, -0.2) is 36.1 Å². The molecule has 7 nitrogen and oxygen atoms in total. The van der Waals surface area contributed by atoms with E-state index >= 15 is 0 Å². The smallest absolute Gasteiger partial charge is 0.293 e. The maximum Gasteiger partial charge on any atom is 0.293 e. The number of benzene rings is 1. The number of anilines is 1. The van der Waals surface area contributed by atoms with Gasteiger partial charge in [0, 0.05) is 13.1 Å². The van der Waals surface area contributed by atoms with Crippen molar-refractivity contribution in [3.8, 4) is 0 Å². The van der Waals surface area contributed by atoms with Crippen LogP contribution in [0.15, 0.2) is 18.2 Å². The molecule has 1 amide bonds. The molecule has 1 aromatic carbocycles. The van der Waals surface area contributed by atoms with Gasteiger partial charge in [0.1, 0.15) is 5.69 Å². The van der Waals surface area contributed by atoms with Crippen molar-refractivity contribution in [2.75, 3.05) is 12.4 Å². The minimum atomic E-state index is -0.497. The second-order valence-corrected chi connectivity index (χ2v) is 5.40. The summed E-state index contributed by atoms with van der Waals surface area (Å²) in [6.45, 7) is 0. The Balaban J connectivity index is 1.81. The van der Waals surface area contributed by atoms with Gasteiger partial charge in [-0.1, -0.05) is 6.07 Å². The molecular formula is C14H17N3O4. The van der Waals surface area contributed by atoms with E-state index in [0.29, 0.717) is 0 Å². The number of amides is 1. The third-order valence-electron chi connectivity index (χ3n) is 4.16. The van der Waals surface area contributed by atoms with Crippen LogP contribution >= 0.6 is 0 Å². The second kappa shape index (κ2) is 5.33. The molecule has 2 aliphatic rings. The van der Waals surface area contributed by atoms with Crippen molar-refractivity contribution in [2.24, 2.45) is 0 Å². The Bertz CT molecular complexity index is 590. The van der Waals surface area contributed by atoms with Crippen LogP contribution in [0.5, 0.6) is 0 Å². The Labute approximate surface area is 121 Å². The minimum Gasteiger partial charge on any atom is -0.382 e. The van der Waals surface area contributed by atoms with Crippen molar-refractivity contribution in [3.63, 3.8) is 0 Å². The molecule has 2 heterocycles. The van der Waals surface area contributed by atoms with E-state index in [4.69, 9.17) is 4.74 Å². The van der Waals surface area contributed by atoms with Crippen LogP contribution in [0, 0.1) is 10.1 Å². The Morgan fingerprint density at radius 1 is 1.43 bits per heavy atom. The van der Waals surface area contributed by atoms with Gasteiger partial charge in [-0.3, -0.25) is 14.9 Å². The number of hydrogen-bond acceptors (Lipinski definition) is 5. The molecule has 112 valence electrons. The van der Waals surface area contributed by atoms with Gasteiger partial charge in [0.15, 0.2) is 0 Å². The molecule has 3 rings (SSSR count). The van der Waals surface area contributed by atoms with Crippen molar-refractivity contribution >= 4 is 17.3 Å². The average Bonchev–Trinajstić information content (AvgIpc) is 3.08. The highest BCUT2D eigenvalue weighted by Gasteiger charge is 2.41. The first kappa shape index (κ1) is 13.8. The zero-order valence-corrected chi connectivity index (χ0v) is 11.7. The number of nitro benzene ring substituents is 1. The summed E-state index contributed by atoms with van der Waals surface area (Å²) < 4.78 is 5.70.